The van der Waals surface area contributed by atoms with Crippen molar-refractivity contribution in [2.75, 3.05) is 73.1 Å². The molecule has 36 heteroatoms. The van der Waals surface area contributed by atoms with E-state index in [0.717, 1.165) is 33.4 Å². The number of methoxy groups -OCH3 is 2. The highest BCUT2D eigenvalue weighted by molar-refractivity contribution is 5.97. The van der Waals surface area contributed by atoms with Gasteiger partial charge in [0, 0.05) is 91.6 Å². The van der Waals surface area contributed by atoms with Crippen LogP contribution in [0.4, 0.5) is 17.6 Å². The molecule has 746 valence electrons. The Hall–Kier alpha value is -17.9. The van der Waals surface area contributed by atoms with Gasteiger partial charge in [0.05, 0.1) is 95.4 Å². The van der Waals surface area contributed by atoms with Crippen LogP contribution in [0.15, 0.2) is 152 Å². The highest BCUT2D eigenvalue weighted by Crippen LogP contribution is 2.32. The van der Waals surface area contributed by atoms with Gasteiger partial charge in [0.25, 0.3) is 11.8 Å². The number of hydrogen-bond donors (Lipinski definition) is 15. The number of nitrogens with one attached hydrogen (secondary N) is 11. The number of terminal acetylenes is 9. The maximum Gasteiger partial charge on any atom is 0.337 e. The first-order chi connectivity index (χ1) is 68.3. The molecule has 11 amide bonds. The summed E-state index contributed by atoms with van der Waals surface area (Å²) in [7, 11) is 2.64. The van der Waals surface area contributed by atoms with Crippen molar-refractivity contribution in [1.82, 2.24) is 58.5 Å². The Morgan fingerprint density at radius 2 is 0.455 bits per heavy atom. The molecule has 32 nitrogen and oxygen atoms in total. The number of hydrogen-bond acceptors (Lipinski definition) is 19. The second-order valence-electron chi connectivity index (χ2n) is 31.0. The number of carbonyl (C=O) groups is 15. The maximum absolute atomic E-state index is 13.6. The maximum atomic E-state index is 13.6. The number of halogens is 4. The van der Waals surface area contributed by atoms with Crippen molar-refractivity contribution in [2.24, 2.45) is 5.73 Å². The lowest BCUT2D eigenvalue weighted by molar-refractivity contribution is -0.123. The molecule has 0 radical (unpaired) electrons. The Balaban J connectivity index is 0.000000490. The fraction of sp³-hybridized carbons (Fsp3) is 0.299. The van der Waals surface area contributed by atoms with E-state index < -0.39 is 75.4 Å². The number of aromatic carboxylic acids is 2. The van der Waals surface area contributed by atoms with Crippen molar-refractivity contribution in [3.05, 3.63) is 208 Å². The van der Waals surface area contributed by atoms with Crippen LogP contribution in [0.25, 0.3) is 33.4 Å². The fourth-order valence-corrected chi connectivity index (χ4v) is 13.1. The first-order valence-corrected chi connectivity index (χ1v) is 43.8. The van der Waals surface area contributed by atoms with Gasteiger partial charge in [0.2, 0.25) is 64.8 Å². The Morgan fingerprint density at radius 3 is 0.622 bits per heavy atom. The predicted molar refractivity (Wildman–Crippen MR) is 527 cm³/mol. The third-order valence-corrected chi connectivity index (χ3v) is 21.0. The zero-order chi connectivity index (χ0) is 106. The molecule has 0 saturated heterocycles. The largest absolute Gasteiger partial charge is 0.503 e. The van der Waals surface area contributed by atoms with Gasteiger partial charge in [0.1, 0.15) is 0 Å². The number of carbonyl (C=O) groups excluding carboxylic acids is 13. The van der Waals surface area contributed by atoms with E-state index in [1.807, 2.05) is 0 Å². The fourth-order valence-electron chi connectivity index (χ4n) is 13.1. The van der Waals surface area contributed by atoms with E-state index in [4.69, 9.17) is 83.6 Å². The second-order valence-corrected chi connectivity index (χ2v) is 31.0. The summed E-state index contributed by atoms with van der Waals surface area (Å²) in [6.45, 7) is 0.640. The SMILES string of the molecule is C#CCNC(=O)CCC(CCC(=O)NCC#C)(CCC(=O)NCC#C)NC(=O)c1ccc(-c2ccc(C(=O)O)cc2)cc1.C#CCNC(=O)CCC(CCC(=O)NCC#C)(CCC(=O)NCC#C)NC(=O)c1ccc(-c2ccc(C(=O)OC)cc2)cc1.C#CCNC(=O)CCC(N)(CCC(=O)NCC#C)CCC(=O)NCC#C.COC(=O)c1ccc(-c2ccc(C(=O)O)cc2)cc1.Oc1c(F)c(F)cc(F)c1F. The van der Waals surface area contributed by atoms with Crippen LogP contribution in [0.5, 0.6) is 5.75 Å². The third-order valence-electron chi connectivity index (χ3n) is 21.0. The number of carboxylic acid groups (broad SMARTS) is 2. The Kier molecular flexibility index (Phi) is 54.2. The van der Waals surface area contributed by atoms with Crippen LogP contribution in [-0.2, 0) is 52.6 Å². The molecule has 0 spiro atoms. The summed E-state index contributed by atoms with van der Waals surface area (Å²) in [5.74, 6) is 6.02. The monoisotopic (exact) mass is 1960 g/mol. The lowest BCUT2D eigenvalue weighted by atomic mass is 9.82. The predicted octanol–water partition coefficient (Wildman–Crippen LogP) is 8.37. The number of nitrogens with two attached hydrogens (primary N) is 1. The van der Waals surface area contributed by atoms with Crippen LogP contribution >= 0.6 is 0 Å². The molecule has 7 aromatic carbocycles. The first-order valence-electron chi connectivity index (χ1n) is 43.8. The van der Waals surface area contributed by atoms with Gasteiger partial charge in [-0.15, -0.1) is 57.8 Å². The molecular formula is C107H110F4N12O20. The lowest BCUT2D eigenvalue weighted by Gasteiger charge is -2.35. The number of ether oxygens (including phenoxy) is 2. The lowest BCUT2D eigenvalue weighted by Crippen LogP contribution is -2.50. The van der Waals surface area contributed by atoms with E-state index in [-0.39, 0.29) is 232 Å². The standard InChI is InChI=1S/C34H36N4O6.C33H34N4O6.C19H26N4O3.C15H12O4.C6H2F4O/c1-5-22-35-29(39)16-19-34(20-17-30(40)36-23-6-2,21-18-31(41)37-24-7-3)38-32(42)27-12-8-25(9-13-27)26-10-14-28(15-11-26)33(43)44-4;1-4-21-34-28(38)15-18-33(19-16-29(39)35-22-5-2,20-17-30(40)36-23-6-3)37-31(41)26-11-7-24(8-12-26)25-9-13-27(14-10-25)32(42)43;1-4-13-21-16(24)7-10-19(20,11-8-17(25)22-14-5-2)12-9-18(26)23-15-6-3;1-19-15(18)13-8-4-11(5-9-13)10-2-6-12(7-3-10)14(16)17;7-2-1-3(8)5(10)6(11)4(2)9/h1-3,8-15H,16-24H2,4H3,(H,35,39)(H,36,40)(H,37,41)(H,38,42);1-3,7-14H,15-23H2,(H,34,38)(H,35,39)(H,36,40)(H,37,41)(H,42,43);1-3H,7-15,20H2,(H,21,24)(H,22,25)(H,23,26);2-9H,1H3,(H,16,17);1,11H. The Morgan fingerprint density at radius 1 is 0.287 bits per heavy atom. The van der Waals surface area contributed by atoms with Crippen LogP contribution in [0.2, 0.25) is 0 Å². The molecule has 0 saturated carbocycles. The molecule has 0 aliphatic rings. The van der Waals surface area contributed by atoms with Gasteiger partial charge >= 0.3 is 23.9 Å². The van der Waals surface area contributed by atoms with Gasteiger partial charge < -0.3 is 89.0 Å². The van der Waals surface area contributed by atoms with Crippen LogP contribution in [-0.4, -0.2) is 194 Å². The van der Waals surface area contributed by atoms with Crippen LogP contribution in [0.3, 0.4) is 0 Å². The number of amides is 11. The third kappa shape index (κ3) is 45.3. The number of esters is 2. The molecule has 0 aliphatic heterocycles. The van der Waals surface area contributed by atoms with Crippen molar-refractivity contribution in [3.8, 4) is 150 Å². The van der Waals surface area contributed by atoms with Gasteiger partial charge in [0.15, 0.2) is 17.4 Å². The van der Waals surface area contributed by atoms with Crippen LogP contribution < -0.4 is 64.2 Å². The minimum Gasteiger partial charge on any atom is -0.503 e. The first kappa shape index (κ1) is 119. The van der Waals surface area contributed by atoms with E-state index in [9.17, 15) is 89.5 Å². The minimum absolute atomic E-state index is 0.0135. The summed E-state index contributed by atoms with van der Waals surface area (Å²) < 4.78 is 57.8. The van der Waals surface area contributed by atoms with E-state index >= 15 is 0 Å². The number of aromatic hydroxyl groups is 1. The molecule has 0 atom stereocenters. The van der Waals surface area contributed by atoms with E-state index in [1.54, 1.807) is 133 Å². The average Bonchev–Trinajstić information content (AvgIpc) is 0.809. The summed E-state index contributed by atoms with van der Waals surface area (Å²) in [5.41, 5.74) is 10.2. The van der Waals surface area contributed by atoms with E-state index in [1.165, 1.54) is 26.4 Å². The summed E-state index contributed by atoms with van der Waals surface area (Å²) >= 11 is 0. The molecule has 16 N–H and O–H groups in total. The van der Waals surface area contributed by atoms with Gasteiger partial charge in [-0.1, -0.05) is 126 Å². The van der Waals surface area contributed by atoms with E-state index in [2.05, 4.69) is 117 Å². The van der Waals surface area contributed by atoms with Crippen LogP contribution in [0.1, 0.15) is 178 Å². The summed E-state index contributed by atoms with van der Waals surface area (Å²) in [6.07, 6.45) is 48.8. The molecule has 0 bridgehead atoms. The topological polar surface area (TPSA) is 494 Å². The molecule has 0 fully saturated rings. The summed E-state index contributed by atoms with van der Waals surface area (Å²) in [5, 5.41) is 55.5. The smallest absolute Gasteiger partial charge is 0.337 e. The number of phenols is 1. The van der Waals surface area contributed by atoms with Crippen molar-refractivity contribution in [3.63, 3.8) is 0 Å². The summed E-state index contributed by atoms with van der Waals surface area (Å²) in [4.78, 5) is 182. The molecular weight excluding hydrogens is 1850 g/mol. The van der Waals surface area contributed by atoms with Crippen molar-refractivity contribution in [2.45, 2.75) is 132 Å². The van der Waals surface area contributed by atoms with Gasteiger partial charge in [-0.25, -0.2) is 28.0 Å². The van der Waals surface area contributed by atoms with Crippen molar-refractivity contribution in [1.29, 1.82) is 0 Å². The van der Waals surface area contributed by atoms with Crippen molar-refractivity contribution < 1.29 is 114 Å². The molecule has 0 aliphatic carbocycles. The quantitative estimate of drug-likeness (QED) is 0.00737. The molecule has 143 heavy (non-hydrogen) atoms. The van der Waals surface area contributed by atoms with Gasteiger partial charge in [-0.05, 0) is 164 Å². The molecule has 0 heterocycles. The molecule has 7 aromatic rings. The Labute approximate surface area is 827 Å². The number of carboxylic acids is 2. The Bertz CT molecular complexity index is 5690. The highest BCUT2D eigenvalue weighted by atomic mass is 19.2. The van der Waals surface area contributed by atoms with Crippen LogP contribution in [0, 0.1) is 134 Å². The second kappa shape index (κ2) is 65.0. The number of benzene rings is 7. The van der Waals surface area contributed by atoms with E-state index in [0.29, 0.717) is 41.5 Å². The normalized spacial score (nSPS) is 10.1. The zero-order valence-electron chi connectivity index (χ0n) is 78.6. The zero-order valence-corrected chi connectivity index (χ0v) is 78.6. The highest BCUT2D eigenvalue weighted by Gasteiger charge is 2.37. The van der Waals surface area contributed by atoms with Gasteiger partial charge in [-0.2, -0.15) is 8.78 Å². The molecule has 7 rings (SSSR count). The van der Waals surface area contributed by atoms with Crippen molar-refractivity contribution >= 4 is 88.9 Å². The number of phenolic OH excluding ortho intramolecular Hbond substituents is 1. The average molecular weight is 1960 g/mol. The van der Waals surface area contributed by atoms with Gasteiger partial charge in [-0.3, -0.25) is 52.7 Å². The molecule has 0 unspecified atom stereocenters. The minimum atomic E-state index is -1.79. The summed E-state index contributed by atoms with van der Waals surface area (Å²) in [6, 6.07) is 40.2. The number of rotatable bonds is 47. The molecule has 0 aromatic heterocycles.